The van der Waals surface area contributed by atoms with Crippen LogP contribution in [-0.2, 0) is 19.6 Å². The van der Waals surface area contributed by atoms with E-state index in [1.807, 2.05) is 0 Å². The minimum absolute atomic E-state index is 0.0282. The maximum Gasteiger partial charge on any atom is 0.419 e. The summed E-state index contributed by atoms with van der Waals surface area (Å²) in [5.74, 6) is -2.75. The molecule has 3 N–H and O–H groups in total. The first-order valence-electron chi connectivity index (χ1n) is 9.78. The second-order valence-corrected chi connectivity index (χ2v) is 9.03. The highest BCUT2D eigenvalue weighted by Crippen LogP contribution is 2.29. The molecule has 0 radical (unpaired) electrons. The van der Waals surface area contributed by atoms with Gasteiger partial charge in [-0.3, -0.25) is 9.69 Å². The summed E-state index contributed by atoms with van der Waals surface area (Å²) in [5.41, 5.74) is 3.07. The second kappa shape index (κ2) is 10.4. The molecule has 0 bridgehead atoms. The van der Waals surface area contributed by atoms with Gasteiger partial charge in [-0.15, -0.1) is 4.41 Å². The van der Waals surface area contributed by atoms with Crippen molar-refractivity contribution in [3.05, 3.63) is 36.0 Å². The average Bonchev–Trinajstić information content (AvgIpc) is 2.95. The highest BCUT2D eigenvalue weighted by Gasteiger charge is 2.30. The third-order valence-corrected chi connectivity index (χ3v) is 6.52. The van der Waals surface area contributed by atoms with Crippen LogP contribution >= 0.6 is 0 Å². The van der Waals surface area contributed by atoms with Crippen molar-refractivity contribution < 1.29 is 41.0 Å². The molecule has 2 saturated heterocycles. The van der Waals surface area contributed by atoms with Crippen LogP contribution in [0.2, 0.25) is 0 Å². The van der Waals surface area contributed by atoms with Crippen LogP contribution in [0.4, 0.5) is 29.3 Å². The summed E-state index contributed by atoms with van der Waals surface area (Å²) in [5, 5.41) is 10.7. The minimum Gasteiger partial charge on any atom is -0.411 e. The molecule has 2 aliphatic rings. The zero-order chi connectivity index (χ0) is 24.2. The number of sulfonamides is 1. The predicted octanol–water partition coefficient (Wildman–Crippen LogP) is -0.0463. The predicted molar refractivity (Wildman–Crippen MR) is 110 cm³/mol. The summed E-state index contributed by atoms with van der Waals surface area (Å²) in [6.07, 6.45) is -3.26. The van der Waals surface area contributed by atoms with Crippen molar-refractivity contribution in [2.24, 2.45) is 0 Å². The lowest BCUT2D eigenvalue weighted by Gasteiger charge is -2.24. The van der Waals surface area contributed by atoms with E-state index in [0.29, 0.717) is 6.54 Å². The number of carbonyl (C=O) groups excluding carboxylic acids is 2. The molecule has 15 heteroatoms. The van der Waals surface area contributed by atoms with E-state index in [9.17, 15) is 31.2 Å². The Morgan fingerprint density at radius 1 is 1.30 bits per heavy atom. The molecule has 0 spiro atoms. The normalized spacial score (nSPS) is 19.2. The van der Waals surface area contributed by atoms with Crippen LogP contribution in [0, 0.1) is 5.82 Å². The van der Waals surface area contributed by atoms with E-state index in [0.717, 1.165) is 21.6 Å². The lowest BCUT2D eigenvalue weighted by molar-refractivity contribution is -0.130. The number of rotatable bonds is 7. The Kier molecular flexibility index (Phi) is 7.78. The van der Waals surface area contributed by atoms with E-state index in [1.54, 1.807) is 10.2 Å². The standard InChI is InChI=1S/C18H22F3N5O6S/c19-14-9-12(25-11-13(32-18(25)29)10-22-17(28)16(20)21)1-2-15(14)24-4-3-23-26(6-5-24)33(30,31)8-7-27/h1-2,9-10,16,23,27H,3-8,11H2,(H,22,28)/b13-10-. The molecule has 33 heavy (non-hydrogen) atoms. The van der Waals surface area contributed by atoms with Crippen LogP contribution in [0.5, 0.6) is 0 Å². The summed E-state index contributed by atoms with van der Waals surface area (Å²) in [6, 6.07) is 3.98. The number of hydrogen-bond acceptors (Lipinski definition) is 8. The van der Waals surface area contributed by atoms with E-state index in [2.05, 4.69) is 5.43 Å². The van der Waals surface area contributed by atoms with Crippen molar-refractivity contribution in [2.75, 3.05) is 54.9 Å². The first-order valence-corrected chi connectivity index (χ1v) is 11.4. The molecule has 2 fully saturated rings. The fraction of sp³-hybridized carbons (Fsp3) is 0.444. The number of aliphatic hydroxyl groups is 1. The number of cyclic esters (lactones) is 1. The molecule has 1 aromatic carbocycles. The molecule has 2 aliphatic heterocycles. The Morgan fingerprint density at radius 3 is 2.73 bits per heavy atom. The van der Waals surface area contributed by atoms with E-state index in [-0.39, 0.29) is 43.3 Å². The second-order valence-electron chi connectivity index (χ2n) is 7.02. The maximum atomic E-state index is 14.9. The summed E-state index contributed by atoms with van der Waals surface area (Å²) >= 11 is 0. The lowest BCUT2D eigenvalue weighted by Crippen LogP contribution is -2.45. The van der Waals surface area contributed by atoms with Gasteiger partial charge in [-0.05, 0) is 18.2 Å². The number of hydrogen-bond donors (Lipinski definition) is 3. The Bertz CT molecular complexity index is 1040. The molecule has 11 nitrogen and oxygen atoms in total. The molecule has 0 saturated carbocycles. The van der Waals surface area contributed by atoms with Gasteiger partial charge in [0.2, 0.25) is 10.0 Å². The Morgan fingerprint density at radius 2 is 2.06 bits per heavy atom. The number of aliphatic hydroxyl groups excluding tert-OH is 1. The van der Waals surface area contributed by atoms with Crippen LogP contribution < -0.4 is 20.5 Å². The van der Waals surface area contributed by atoms with Crippen molar-refractivity contribution in [2.45, 2.75) is 6.43 Å². The van der Waals surface area contributed by atoms with E-state index in [1.165, 1.54) is 12.1 Å². The van der Waals surface area contributed by atoms with Gasteiger partial charge in [0.15, 0.2) is 0 Å². The SMILES string of the molecule is O=C(N/C=C1/CN(c2ccc(N3CCNN(S(=O)(=O)CCO)CC3)c(F)c2)C(=O)O1)C(F)F. The van der Waals surface area contributed by atoms with Gasteiger partial charge in [0.25, 0.3) is 5.91 Å². The van der Waals surface area contributed by atoms with Gasteiger partial charge in [-0.25, -0.2) is 23.0 Å². The average molecular weight is 493 g/mol. The lowest BCUT2D eigenvalue weighted by atomic mass is 10.2. The number of anilines is 2. The van der Waals surface area contributed by atoms with Crippen molar-refractivity contribution in [1.82, 2.24) is 15.2 Å². The van der Waals surface area contributed by atoms with E-state index in [4.69, 9.17) is 9.84 Å². The smallest absolute Gasteiger partial charge is 0.411 e. The Labute approximate surface area is 187 Å². The van der Waals surface area contributed by atoms with E-state index >= 15 is 0 Å². The highest BCUT2D eigenvalue weighted by molar-refractivity contribution is 7.89. The molecule has 1 aromatic rings. The van der Waals surface area contributed by atoms with Crippen molar-refractivity contribution in [3.63, 3.8) is 0 Å². The van der Waals surface area contributed by atoms with Crippen LogP contribution in [0.3, 0.4) is 0 Å². The molecule has 2 heterocycles. The van der Waals surface area contributed by atoms with Gasteiger partial charge in [0, 0.05) is 32.4 Å². The molecule has 0 unspecified atom stereocenters. The van der Waals surface area contributed by atoms with Gasteiger partial charge in [0.1, 0.15) is 11.6 Å². The number of carbonyl (C=O) groups is 2. The molecule has 0 atom stereocenters. The van der Waals surface area contributed by atoms with E-state index < -0.39 is 46.6 Å². The topological polar surface area (TPSA) is 132 Å². The molecule has 3 rings (SSSR count). The van der Waals surface area contributed by atoms with Gasteiger partial charge in [-0.1, -0.05) is 0 Å². The zero-order valence-corrected chi connectivity index (χ0v) is 18.0. The number of ether oxygens (including phenoxy) is 1. The first kappa shape index (κ1) is 24.8. The van der Waals surface area contributed by atoms with Gasteiger partial charge >= 0.3 is 12.5 Å². The van der Waals surface area contributed by atoms with Crippen molar-refractivity contribution in [1.29, 1.82) is 0 Å². The number of nitrogens with zero attached hydrogens (tertiary/aromatic N) is 3. The molecule has 2 amide bonds. The molecule has 0 aromatic heterocycles. The van der Waals surface area contributed by atoms with Crippen LogP contribution in [0.15, 0.2) is 30.2 Å². The van der Waals surface area contributed by atoms with Gasteiger partial charge in [0.05, 0.1) is 30.3 Å². The maximum absolute atomic E-state index is 14.9. The Hall–Kier alpha value is -2.88. The summed E-state index contributed by atoms with van der Waals surface area (Å²) in [6.45, 7) is -0.00918. The van der Waals surface area contributed by atoms with Gasteiger partial charge in [-0.2, -0.15) is 8.78 Å². The number of nitrogens with one attached hydrogen (secondary N) is 2. The summed E-state index contributed by atoms with van der Waals surface area (Å²) in [7, 11) is -3.70. The van der Waals surface area contributed by atoms with Crippen molar-refractivity contribution >= 4 is 33.4 Å². The molecular weight excluding hydrogens is 471 g/mol. The zero-order valence-electron chi connectivity index (χ0n) is 17.2. The summed E-state index contributed by atoms with van der Waals surface area (Å²) < 4.78 is 69.5. The quantitative estimate of drug-likeness (QED) is 0.482. The number of alkyl halides is 2. The third-order valence-electron chi connectivity index (χ3n) is 4.84. The number of benzene rings is 1. The Balaban J connectivity index is 1.68. The molecule has 182 valence electrons. The highest BCUT2D eigenvalue weighted by atomic mass is 32.2. The van der Waals surface area contributed by atoms with Gasteiger partial charge < -0.3 is 20.1 Å². The molecular formula is C18H22F3N5O6S. The number of amides is 2. The largest absolute Gasteiger partial charge is 0.419 e. The fourth-order valence-electron chi connectivity index (χ4n) is 3.24. The first-order chi connectivity index (χ1) is 15.6. The van der Waals surface area contributed by atoms with Crippen molar-refractivity contribution in [3.8, 4) is 0 Å². The summed E-state index contributed by atoms with van der Waals surface area (Å²) in [4.78, 5) is 25.7. The number of hydrazine groups is 1. The monoisotopic (exact) mass is 493 g/mol. The van der Waals surface area contributed by atoms with Crippen LogP contribution in [-0.4, -0.2) is 81.4 Å². The molecule has 0 aliphatic carbocycles. The minimum atomic E-state index is -3.70. The number of halogens is 3. The van der Waals surface area contributed by atoms with Crippen LogP contribution in [0.1, 0.15) is 0 Å². The third kappa shape index (κ3) is 5.93. The van der Waals surface area contributed by atoms with Crippen LogP contribution in [0.25, 0.3) is 0 Å². The fourth-order valence-corrected chi connectivity index (χ4v) is 4.34.